The van der Waals surface area contributed by atoms with Crippen molar-refractivity contribution in [3.05, 3.63) is 35.9 Å². The van der Waals surface area contributed by atoms with Gasteiger partial charge >= 0.3 is 5.97 Å². The Morgan fingerprint density at radius 2 is 2.06 bits per heavy atom. The molecule has 0 aliphatic carbocycles. The van der Waals surface area contributed by atoms with Crippen LogP contribution < -0.4 is 5.73 Å². The summed E-state index contributed by atoms with van der Waals surface area (Å²) in [6, 6.07) is 9.99. The van der Waals surface area contributed by atoms with Crippen molar-refractivity contribution in [2.24, 2.45) is 5.73 Å². The Labute approximate surface area is 101 Å². The molecule has 0 heterocycles. The molecule has 1 aromatic carbocycles. The van der Waals surface area contributed by atoms with Crippen LogP contribution in [0.1, 0.15) is 18.4 Å². The van der Waals surface area contributed by atoms with E-state index in [1.165, 1.54) is 5.56 Å². The van der Waals surface area contributed by atoms with Crippen molar-refractivity contribution in [1.82, 2.24) is 0 Å². The molecule has 1 unspecified atom stereocenters. The standard InChI is InChI=1S/C13H19NO3/c14-9-8-12(15)13(16)17-10-4-7-11-5-2-1-3-6-11/h1-3,5-6,12,15H,4,7-10,14H2. The maximum atomic E-state index is 11.2. The Kier molecular flexibility index (Phi) is 6.29. The number of rotatable bonds is 7. The quantitative estimate of drug-likeness (QED) is 0.545. The Morgan fingerprint density at radius 3 is 2.71 bits per heavy atom. The van der Waals surface area contributed by atoms with Crippen LogP contribution in [0.4, 0.5) is 0 Å². The Morgan fingerprint density at radius 1 is 1.35 bits per heavy atom. The summed E-state index contributed by atoms with van der Waals surface area (Å²) in [5.41, 5.74) is 6.44. The number of benzene rings is 1. The van der Waals surface area contributed by atoms with Gasteiger partial charge in [-0.3, -0.25) is 0 Å². The first kappa shape index (κ1) is 13.7. The van der Waals surface area contributed by atoms with Gasteiger partial charge in [-0.2, -0.15) is 0 Å². The maximum Gasteiger partial charge on any atom is 0.335 e. The number of hydrogen-bond acceptors (Lipinski definition) is 4. The zero-order valence-corrected chi connectivity index (χ0v) is 9.84. The van der Waals surface area contributed by atoms with Crippen LogP contribution in [0, 0.1) is 0 Å². The van der Waals surface area contributed by atoms with Crippen molar-refractivity contribution in [3.8, 4) is 0 Å². The zero-order valence-electron chi connectivity index (χ0n) is 9.84. The lowest BCUT2D eigenvalue weighted by molar-refractivity contribution is -0.153. The smallest absolute Gasteiger partial charge is 0.335 e. The second kappa shape index (κ2) is 7.81. The molecule has 0 aliphatic heterocycles. The molecule has 94 valence electrons. The van der Waals surface area contributed by atoms with Gasteiger partial charge < -0.3 is 15.6 Å². The SMILES string of the molecule is NCCC(O)C(=O)OCCCc1ccccc1. The average Bonchev–Trinajstić information content (AvgIpc) is 2.36. The Balaban J connectivity index is 2.14. The van der Waals surface area contributed by atoms with Gasteiger partial charge in [0.05, 0.1) is 6.61 Å². The molecular formula is C13H19NO3. The van der Waals surface area contributed by atoms with Crippen LogP contribution in [0.3, 0.4) is 0 Å². The molecule has 0 saturated carbocycles. The fraction of sp³-hybridized carbons (Fsp3) is 0.462. The van der Waals surface area contributed by atoms with E-state index in [1.54, 1.807) is 0 Å². The second-order valence-corrected chi connectivity index (χ2v) is 3.85. The van der Waals surface area contributed by atoms with Crippen LogP contribution >= 0.6 is 0 Å². The first-order chi connectivity index (χ1) is 8.24. The van der Waals surface area contributed by atoms with Crippen molar-refractivity contribution in [1.29, 1.82) is 0 Å². The molecule has 1 aromatic rings. The van der Waals surface area contributed by atoms with Crippen LogP contribution in [0.5, 0.6) is 0 Å². The zero-order chi connectivity index (χ0) is 12.5. The molecule has 0 aromatic heterocycles. The molecule has 0 fully saturated rings. The van der Waals surface area contributed by atoms with Crippen molar-refractivity contribution < 1.29 is 14.6 Å². The topological polar surface area (TPSA) is 72.5 Å². The molecule has 4 heteroatoms. The number of aliphatic hydroxyl groups excluding tert-OH is 1. The minimum Gasteiger partial charge on any atom is -0.464 e. The summed E-state index contributed by atoms with van der Waals surface area (Å²) in [6.45, 7) is 0.607. The number of nitrogens with two attached hydrogens (primary N) is 1. The molecular weight excluding hydrogens is 218 g/mol. The Hall–Kier alpha value is -1.39. The predicted molar refractivity (Wildman–Crippen MR) is 65.4 cm³/mol. The van der Waals surface area contributed by atoms with E-state index < -0.39 is 12.1 Å². The minimum absolute atomic E-state index is 0.248. The molecule has 0 aliphatic rings. The first-order valence-electron chi connectivity index (χ1n) is 5.82. The van der Waals surface area contributed by atoms with Crippen LogP contribution in [0.2, 0.25) is 0 Å². The summed E-state index contributed by atoms with van der Waals surface area (Å²) in [6.07, 6.45) is 0.778. The summed E-state index contributed by atoms with van der Waals surface area (Å²) in [4.78, 5) is 11.2. The average molecular weight is 237 g/mol. The van der Waals surface area contributed by atoms with Gasteiger partial charge in [0.1, 0.15) is 0 Å². The number of carbonyl (C=O) groups is 1. The van der Waals surface area contributed by atoms with Gasteiger partial charge in [0, 0.05) is 0 Å². The molecule has 1 rings (SSSR count). The van der Waals surface area contributed by atoms with Gasteiger partial charge in [-0.05, 0) is 31.4 Å². The third-order valence-electron chi connectivity index (χ3n) is 2.41. The van der Waals surface area contributed by atoms with E-state index in [0.717, 1.165) is 12.8 Å². The highest BCUT2D eigenvalue weighted by Crippen LogP contribution is 2.03. The normalized spacial score (nSPS) is 12.1. The van der Waals surface area contributed by atoms with E-state index in [9.17, 15) is 9.90 Å². The van der Waals surface area contributed by atoms with Crippen molar-refractivity contribution in [2.75, 3.05) is 13.2 Å². The van der Waals surface area contributed by atoms with Gasteiger partial charge in [0.15, 0.2) is 6.10 Å². The molecule has 0 bridgehead atoms. The van der Waals surface area contributed by atoms with Crippen molar-refractivity contribution in [2.45, 2.75) is 25.4 Å². The minimum atomic E-state index is -1.09. The van der Waals surface area contributed by atoms with Crippen LogP contribution in [-0.4, -0.2) is 30.3 Å². The highest BCUT2D eigenvalue weighted by molar-refractivity contribution is 5.74. The fourth-order valence-corrected chi connectivity index (χ4v) is 1.47. The van der Waals surface area contributed by atoms with Crippen molar-refractivity contribution >= 4 is 5.97 Å². The molecule has 0 amide bonds. The fourth-order valence-electron chi connectivity index (χ4n) is 1.47. The lowest BCUT2D eigenvalue weighted by Crippen LogP contribution is -2.26. The maximum absolute atomic E-state index is 11.2. The highest BCUT2D eigenvalue weighted by atomic mass is 16.5. The van der Waals surface area contributed by atoms with E-state index in [4.69, 9.17) is 10.5 Å². The lowest BCUT2D eigenvalue weighted by atomic mass is 10.1. The van der Waals surface area contributed by atoms with E-state index in [1.807, 2.05) is 30.3 Å². The first-order valence-corrected chi connectivity index (χ1v) is 5.82. The summed E-state index contributed by atoms with van der Waals surface area (Å²) in [5.74, 6) is -0.580. The van der Waals surface area contributed by atoms with Gasteiger partial charge in [-0.25, -0.2) is 4.79 Å². The van der Waals surface area contributed by atoms with Crippen molar-refractivity contribution in [3.63, 3.8) is 0 Å². The molecule has 0 saturated heterocycles. The van der Waals surface area contributed by atoms with E-state index >= 15 is 0 Å². The number of esters is 1. The molecule has 1 atom stereocenters. The molecule has 17 heavy (non-hydrogen) atoms. The van der Waals surface area contributed by atoms with Gasteiger partial charge in [-0.1, -0.05) is 30.3 Å². The molecule has 4 nitrogen and oxygen atoms in total. The summed E-state index contributed by atoms with van der Waals surface area (Å²) in [7, 11) is 0. The number of carbonyl (C=O) groups excluding carboxylic acids is 1. The van der Waals surface area contributed by atoms with E-state index in [-0.39, 0.29) is 13.0 Å². The number of aliphatic hydroxyl groups is 1. The Bertz CT molecular complexity index is 327. The third kappa shape index (κ3) is 5.47. The molecule has 3 N–H and O–H groups in total. The van der Waals surface area contributed by atoms with Crippen LogP contribution in [0.15, 0.2) is 30.3 Å². The summed E-state index contributed by atoms with van der Waals surface area (Å²) >= 11 is 0. The molecule has 0 radical (unpaired) electrons. The third-order valence-corrected chi connectivity index (χ3v) is 2.41. The monoisotopic (exact) mass is 237 g/mol. The van der Waals surface area contributed by atoms with E-state index in [2.05, 4.69) is 0 Å². The van der Waals surface area contributed by atoms with Crippen LogP contribution in [0.25, 0.3) is 0 Å². The van der Waals surface area contributed by atoms with Crippen LogP contribution in [-0.2, 0) is 16.0 Å². The molecule has 0 spiro atoms. The lowest BCUT2D eigenvalue weighted by Gasteiger charge is -2.09. The summed E-state index contributed by atoms with van der Waals surface area (Å²) in [5, 5.41) is 9.28. The highest BCUT2D eigenvalue weighted by Gasteiger charge is 2.14. The predicted octanol–water partition coefficient (Wildman–Crippen LogP) is 0.872. The van der Waals surface area contributed by atoms with E-state index in [0.29, 0.717) is 6.61 Å². The van der Waals surface area contributed by atoms with Gasteiger partial charge in [0.25, 0.3) is 0 Å². The van der Waals surface area contributed by atoms with Gasteiger partial charge in [-0.15, -0.1) is 0 Å². The van der Waals surface area contributed by atoms with Gasteiger partial charge in [0.2, 0.25) is 0 Å². The summed E-state index contributed by atoms with van der Waals surface area (Å²) < 4.78 is 4.93. The number of hydrogen-bond donors (Lipinski definition) is 2. The number of aryl methyl sites for hydroxylation is 1. The number of ether oxygens (including phenoxy) is 1. The largest absolute Gasteiger partial charge is 0.464 e. The second-order valence-electron chi connectivity index (χ2n) is 3.85.